The van der Waals surface area contributed by atoms with Gasteiger partial charge in [-0.1, -0.05) is 11.6 Å². The highest BCUT2D eigenvalue weighted by molar-refractivity contribution is 6.30. The second-order valence-corrected chi connectivity index (χ2v) is 3.57. The van der Waals surface area contributed by atoms with Crippen LogP contribution >= 0.6 is 11.6 Å². The molecule has 84 valence electrons. The Hall–Kier alpha value is -0.800. The van der Waals surface area contributed by atoms with Crippen molar-refractivity contribution in [3.05, 3.63) is 29.0 Å². The quantitative estimate of drug-likeness (QED) is 0.759. The van der Waals surface area contributed by atoms with E-state index in [0.717, 1.165) is 19.6 Å². The van der Waals surface area contributed by atoms with Crippen molar-refractivity contribution in [1.82, 2.24) is 0 Å². The first-order chi connectivity index (χ1) is 7.22. The van der Waals surface area contributed by atoms with Crippen LogP contribution in [0.3, 0.4) is 0 Å². The van der Waals surface area contributed by atoms with Gasteiger partial charge < -0.3 is 10.1 Å². The minimum Gasteiger partial charge on any atom is -0.385 e. The summed E-state index contributed by atoms with van der Waals surface area (Å²) >= 11 is 5.71. The molecule has 0 spiro atoms. The molecule has 1 aromatic carbocycles. The summed E-state index contributed by atoms with van der Waals surface area (Å²) in [4.78, 5) is 0. The van der Waals surface area contributed by atoms with Crippen molar-refractivity contribution in [1.29, 1.82) is 0 Å². The van der Waals surface area contributed by atoms with Crippen LogP contribution in [0.25, 0.3) is 0 Å². The Morgan fingerprint density at radius 1 is 1.40 bits per heavy atom. The molecule has 0 atom stereocenters. The van der Waals surface area contributed by atoms with Crippen molar-refractivity contribution in [3.8, 4) is 0 Å². The van der Waals surface area contributed by atoms with Gasteiger partial charge in [0.1, 0.15) is 5.82 Å². The van der Waals surface area contributed by atoms with E-state index in [2.05, 4.69) is 5.32 Å². The Morgan fingerprint density at radius 2 is 2.20 bits per heavy atom. The first-order valence-corrected chi connectivity index (χ1v) is 5.38. The molecule has 15 heavy (non-hydrogen) atoms. The summed E-state index contributed by atoms with van der Waals surface area (Å²) in [6.45, 7) is 4.15. The van der Waals surface area contributed by atoms with Crippen LogP contribution in [0.4, 0.5) is 10.1 Å². The zero-order chi connectivity index (χ0) is 11.1. The predicted octanol–water partition coefficient (Wildman–Crippen LogP) is 3.32. The van der Waals surface area contributed by atoms with Crippen molar-refractivity contribution in [2.45, 2.75) is 13.3 Å². The molecule has 0 aliphatic carbocycles. The van der Waals surface area contributed by atoms with E-state index in [4.69, 9.17) is 16.3 Å². The standard InChI is InChI=1S/C11H15ClFNO/c1-2-15-5-3-4-14-11-7-9(12)6-10(13)8-11/h6-8,14H,2-5H2,1H3. The highest BCUT2D eigenvalue weighted by Crippen LogP contribution is 2.17. The number of hydrogen-bond acceptors (Lipinski definition) is 2. The van der Waals surface area contributed by atoms with Crippen molar-refractivity contribution in [2.24, 2.45) is 0 Å². The summed E-state index contributed by atoms with van der Waals surface area (Å²) in [6.07, 6.45) is 0.891. The lowest BCUT2D eigenvalue weighted by molar-refractivity contribution is 0.147. The van der Waals surface area contributed by atoms with Gasteiger partial charge in [0.2, 0.25) is 0 Å². The summed E-state index contributed by atoms with van der Waals surface area (Å²) in [6, 6.07) is 4.41. The number of anilines is 1. The second-order valence-electron chi connectivity index (χ2n) is 3.14. The van der Waals surface area contributed by atoms with Gasteiger partial charge in [-0.25, -0.2) is 4.39 Å². The van der Waals surface area contributed by atoms with Crippen LogP contribution in [-0.4, -0.2) is 19.8 Å². The van der Waals surface area contributed by atoms with Gasteiger partial charge >= 0.3 is 0 Å². The summed E-state index contributed by atoms with van der Waals surface area (Å²) < 4.78 is 18.1. The molecule has 0 saturated carbocycles. The molecular formula is C11H15ClFNO. The molecule has 4 heteroatoms. The molecule has 2 nitrogen and oxygen atoms in total. The third kappa shape index (κ3) is 5.00. The van der Waals surface area contributed by atoms with E-state index in [9.17, 15) is 4.39 Å². The van der Waals surface area contributed by atoms with Crippen LogP contribution in [0.15, 0.2) is 18.2 Å². The van der Waals surface area contributed by atoms with Crippen LogP contribution in [0.5, 0.6) is 0 Å². The van der Waals surface area contributed by atoms with Crippen molar-refractivity contribution in [2.75, 3.05) is 25.1 Å². The van der Waals surface area contributed by atoms with Crippen molar-refractivity contribution < 1.29 is 9.13 Å². The van der Waals surface area contributed by atoms with E-state index in [1.807, 2.05) is 6.92 Å². The Balaban J connectivity index is 2.31. The number of ether oxygens (including phenoxy) is 1. The predicted molar refractivity (Wildman–Crippen MR) is 61.0 cm³/mol. The lowest BCUT2D eigenvalue weighted by Gasteiger charge is -2.06. The first-order valence-electron chi connectivity index (χ1n) is 5.00. The number of rotatable bonds is 6. The fraction of sp³-hybridized carbons (Fsp3) is 0.455. The minimum atomic E-state index is -0.324. The summed E-state index contributed by atoms with van der Waals surface area (Å²) in [5, 5.41) is 3.49. The number of halogens is 2. The smallest absolute Gasteiger partial charge is 0.126 e. The van der Waals surface area contributed by atoms with E-state index < -0.39 is 0 Å². The highest BCUT2D eigenvalue weighted by atomic mass is 35.5. The first kappa shape index (κ1) is 12.3. The summed E-state index contributed by atoms with van der Waals surface area (Å²) in [7, 11) is 0. The van der Waals surface area contributed by atoms with Crippen molar-refractivity contribution >= 4 is 17.3 Å². The number of hydrogen-bond donors (Lipinski definition) is 1. The van der Waals surface area contributed by atoms with Gasteiger partial charge in [0, 0.05) is 30.5 Å². The van der Waals surface area contributed by atoms with Crippen LogP contribution < -0.4 is 5.32 Å². The third-order valence-corrected chi connectivity index (χ3v) is 2.08. The molecule has 0 radical (unpaired) electrons. The molecule has 0 fully saturated rings. The SMILES string of the molecule is CCOCCCNc1cc(F)cc(Cl)c1. The lowest BCUT2D eigenvalue weighted by atomic mass is 10.3. The zero-order valence-electron chi connectivity index (χ0n) is 8.72. The Morgan fingerprint density at radius 3 is 2.87 bits per heavy atom. The van der Waals surface area contributed by atoms with E-state index in [1.54, 1.807) is 6.07 Å². The average molecular weight is 232 g/mol. The number of nitrogens with one attached hydrogen (secondary N) is 1. The molecule has 0 aromatic heterocycles. The van der Waals surface area contributed by atoms with Gasteiger partial charge in [-0.2, -0.15) is 0 Å². The molecule has 0 unspecified atom stereocenters. The van der Waals surface area contributed by atoms with Crippen LogP contribution in [0.1, 0.15) is 13.3 Å². The molecule has 0 saturated heterocycles. The van der Waals surface area contributed by atoms with E-state index >= 15 is 0 Å². The second kappa shape index (κ2) is 6.64. The third-order valence-electron chi connectivity index (χ3n) is 1.86. The van der Waals surface area contributed by atoms with Gasteiger partial charge in [0.05, 0.1) is 0 Å². The Kier molecular flexibility index (Phi) is 5.43. The normalized spacial score (nSPS) is 10.3. The topological polar surface area (TPSA) is 21.3 Å². The molecule has 0 aliphatic rings. The van der Waals surface area contributed by atoms with Gasteiger partial charge in [0.25, 0.3) is 0 Å². The van der Waals surface area contributed by atoms with E-state index in [1.165, 1.54) is 12.1 Å². The Bertz CT molecular complexity index is 286. The maximum atomic E-state index is 12.9. The molecule has 1 aromatic rings. The lowest BCUT2D eigenvalue weighted by Crippen LogP contribution is -2.05. The zero-order valence-corrected chi connectivity index (χ0v) is 9.48. The van der Waals surface area contributed by atoms with Crippen LogP contribution in [-0.2, 0) is 4.74 Å². The monoisotopic (exact) mass is 231 g/mol. The van der Waals surface area contributed by atoms with E-state index in [-0.39, 0.29) is 5.82 Å². The van der Waals surface area contributed by atoms with Gasteiger partial charge in [-0.05, 0) is 31.5 Å². The highest BCUT2D eigenvalue weighted by Gasteiger charge is 1.98. The van der Waals surface area contributed by atoms with Crippen LogP contribution in [0, 0.1) is 5.82 Å². The van der Waals surface area contributed by atoms with Crippen LogP contribution in [0.2, 0.25) is 5.02 Å². The van der Waals surface area contributed by atoms with Gasteiger partial charge in [0.15, 0.2) is 0 Å². The maximum absolute atomic E-state index is 12.9. The fourth-order valence-electron chi connectivity index (χ4n) is 1.21. The molecule has 0 bridgehead atoms. The fourth-order valence-corrected chi connectivity index (χ4v) is 1.43. The maximum Gasteiger partial charge on any atom is 0.126 e. The molecule has 1 rings (SSSR count). The summed E-state index contributed by atoms with van der Waals surface area (Å²) in [5.74, 6) is -0.324. The Labute approximate surface area is 94.4 Å². The van der Waals surface area contributed by atoms with Gasteiger partial charge in [-0.15, -0.1) is 0 Å². The van der Waals surface area contributed by atoms with E-state index in [0.29, 0.717) is 17.3 Å². The minimum absolute atomic E-state index is 0.324. The van der Waals surface area contributed by atoms with Crippen molar-refractivity contribution in [3.63, 3.8) is 0 Å². The molecular weight excluding hydrogens is 217 g/mol. The summed E-state index contributed by atoms with van der Waals surface area (Å²) in [5.41, 5.74) is 0.705. The average Bonchev–Trinajstić information content (AvgIpc) is 2.16. The molecule has 0 aliphatic heterocycles. The van der Waals surface area contributed by atoms with Gasteiger partial charge in [-0.3, -0.25) is 0 Å². The molecule has 1 N–H and O–H groups in total. The molecule has 0 heterocycles. The largest absolute Gasteiger partial charge is 0.385 e. The number of benzene rings is 1. The molecule has 0 amide bonds.